The number of benzene rings is 2. The van der Waals surface area contributed by atoms with E-state index in [-0.39, 0.29) is 18.9 Å². The fraction of sp³-hybridized carbons (Fsp3) is 0.316. The number of hydrogen-bond donors (Lipinski definition) is 1. The number of carbonyl (C=O) groups excluding carboxylic acids is 1. The number of rotatable bonds is 7. The number of nitrogens with one attached hydrogen (secondary N) is 1. The van der Waals surface area contributed by atoms with Crippen molar-refractivity contribution in [2.24, 2.45) is 0 Å². The Balaban J connectivity index is 1.62. The molecule has 0 unspecified atom stereocenters. The summed E-state index contributed by atoms with van der Waals surface area (Å²) in [6, 6.07) is 12.5. The molecule has 0 fully saturated rings. The van der Waals surface area contributed by atoms with E-state index in [4.69, 9.17) is 9.47 Å². The van der Waals surface area contributed by atoms with Gasteiger partial charge in [-0.3, -0.25) is 9.10 Å². The summed E-state index contributed by atoms with van der Waals surface area (Å²) < 4.78 is 37.9. The van der Waals surface area contributed by atoms with Crippen LogP contribution in [0.2, 0.25) is 0 Å². The Morgan fingerprint density at radius 1 is 1.11 bits per heavy atom. The number of ether oxygens (including phenoxy) is 2. The molecule has 1 aliphatic heterocycles. The maximum Gasteiger partial charge on any atom is 0.232 e. The Kier molecular flexibility index (Phi) is 6.65. The van der Waals surface area contributed by atoms with Gasteiger partial charge in [-0.05, 0) is 65.4 Å². The summed E-state index contributed by atoms with van der Waals surface area (Å²) in [6.45, 7) is 1.09. The highest BCUT2D eigenvalue weighted by molar-refractivity contribution is 14.1. The van der Waals surface area contributed by atoms with Crippen molar-refractivity contribution in [1.82, 2.24) is 0 Å². The first-order valence-corrected chi connectivity index (χ1v) is 11.7. The molecule has 0 saturated heterocycles. The maximum absolute atomic E-state index is 12.3. The molecule has 7 nitrogen and oxygen atoms in total. The molecule has 3 rings (SSSR count). The topological polar surface area (TPSA) is 84.9 Å². The average molecular weight is 516 g/mol. The minimum atomic E-state index is -3.50. The molecule has 0 bridgehead atoms. The molecule has 1 heterocycles. The first-order chi connectivity index (χ1) is 13.3. The van der Waals surface area contributed by atoms with Crippen LogP contribution in [0.1, 0.15) is 12.8 Å². The first kappa shape index (κ1) is 20.7. The molecule has 1 amide bonds. The monoisotopic (exact) mass is 516 g/mol. The molecule has 0 saturated carbocycles. The van der Waals surface area contributed by atoms with Crippen molar-refractivity contribution >= 4 is 49.9 Å². The number of sulfonamides is 1. The van der Waals surface area contributed by atoms with Gasteiger partial charge < -0.3 is 14.8 Å². The molecular formula is C19H21IN2O5S. The van der Waals surface area contributed by atoms with E-state index >= 15 is 0 Å². The highest BCUT2D eigenvalue weighted by Crippen LogP contribution is 2.34. The molecule has 0 aromatic heterocycles. The zero-order valence-corrected chi connectivity index (χ0v) is 18.3. The summed E-state index contributed by atoms with van der Waals surface area (Å²) in [5, 5.41) is 2.82. The smallest absolute Gasteiger partial charge is 0.232 e. The van der Waals surface area contributed by atoms with Gasteiger partial charge in [-0.1, -0.05) is 0 Å². The number of amides is 1. The second-order valence-electron chi connectivity index (χ2n) is 6.32. The molecule has 0 radical (unpaired) electrons. The zero-order chi connectivity index (χ0) is 20.1. The molecule has 0 atom stereocenters. The van der Waals surface area contributed by atoms with Crippen LogP contribution < -0.4 is 19.1 Å². The largest absolute Gasteiger partial charge is 0.486 e. The minimum Gasteiger partial charge on any atom is -0.486 e. The van der Waals surface area contributed by atoms with Crippen molar-refractivity contribution in [2.45, 2.75) is 12.8 Å². The predicted octanol–water partition coefficient (Wildman–Crippen LogP) is 3.25. The normalized spacial score (nSPS) is 13.1. The third-order valence-electron chi connectivity index (χ3n) is 4.11. The van der Waals surface area contributed by atoms with Crippen LogP contribution in [-0.4, -0.2) is 40.3 Å². The Morgan fingerprint density at radius 3 is 2.46 bits per heavy atom. The third-order valence-corrected chi connectivity index (χ3v) is 6.02. The van der Waals surface area contributed by atoms with Crippen LogP contribution >= 0.6 is 22.6 Å². The molecule has 1 aliphatic rings. The molecular weight excluding hydrogens is 495 g/mol. The molecule has 28 heavy (non-hydrogen) atoms. The second kappa shape index (κ2) is 8.99. The van der Waals surface area contributed by atoms with E-state index in [0.717, 1.165) is 15.5 Å². The Hall–Kier alpha value is -2.01. The summed E-state index contributed by atoms with van der Waals surface area (Å²) in [4.78, 5) is 12.1. The molecule has 0 aliphatic carbocycles. The van der Waals surface area contributed by atoms with Gasteiger partial charge in [0.05, 0.1) is 11.9 Å². The van der Waals surface area contributed by atoms with Crippen LogP contribution in [0.15, 0.2) is 42.5 Å². The number of nitrogens with zero attached hydrogens (tertiary/aromatic N) is 1. The Bertz CT molecular complexity index is 947. The lowest BCUT2D eigenvalue weighted by Crippen LogP contribution is -2.31. The maximum atomic E-state index is 12.3. The lowest BCUT2D eigenvalue weighted by molar-refractivity contribution is -0.116. The van der Waals surface area contributed by atoms with E-state index in [1.807, 2.05) is 24.3 Å². The van der Waals surface area contributed by atoms with Crippen LogP contribution in [0.4, 0.5) is 11.4 Å². The predicted molar refractivity (Wildman–Crippen MR) is 117 cm³/mol. The van der Waals surface area contributed by atoms with Gasteiger partial charge in [-0.2, -0.15) is 0 Å². The number of fused-ring (bicyclic) bond motifs is 1. The summed E-state index contributed by atoms with van der Waals surface area (Å²) >= 11 is 2.19. The summed E-state index contributed by atoms with van der Waals surface area (Å²) in [6.07, 6.45) is 1.75. The van der Waals surface area contributed by atoms with E-state index < -0.39 is 10.0 Å². The molecule has 0 spiro atoms. The van der Waals surface area contributed by atoms with Crippen LogP contribution in [0, 0.1) is 3.57 Å². The van der Waals surface area contributed by atoms with Crippen molar-refractivity contribution in [2.75, 3.05) is 35.6 Å². The van der Waals surface area contributed by atoms with Gasteiger partial charge in [-0.15, -0.1) is 0 Å². The standard InChI is InChI=1S/C19H21IN2O5S/c1-28(24,25)22(16-8-9-17-18(13-16)27-12-11-26-17)10-2-3-19(23)21-15-6-4-14(20)5-7-15/h4-9,13H,2-3,10-12H2,1H3,(H,21,23). The van der Waals surface area contributed by atoms with E-state index in [1.54, 1.807) is 18.2 Å². The highest BCUT2D eigenvalue weighted by Gasteiger charge is 2.21. The van der Waals surface area contributed by atoms with Crippen LogP contribution in [-0.2, 0) is 14.8 Å². The molecule has 1 N–H and O–H groups in total. The molecule has 9 heteroatoms. The van der Waals surface area contributed by atoms with Crippen molar-refractivity contribution in [3.63, 3.8) is 0 Å². The van der Waals surface area contributed by atoms with Crippen molar-refractivity contribution in [1.29, 1.82) is 0 Å². The van der Waals surface area contributed by atoms with Gasteiger partial charge in [0.1, 0.15) is 13.2 Å². The van der Waals surface area contributed by atoms with E-state index in [1.165, 1.54) is 4.31 Å². The molecule has 150 valence electrons. The highest BCUT2D eigenvalue weighted by atomic mass is 127. The number of anilines is 2. The number of hydrogen-bond acceptors (Lipinski definition) is 5. The number of halogens is 1. The van der Waals surface area contributed by atoms with Gasteiger partial charge in [0.25, 0.3) is 0 Å². The molecule has 2 aromatic rings. The fourth-order valence-corrected chi connectivity index (χ4v) is 4.13. The molecule has 2 aromatic carbocycles. The van der Waals surface area contributed by atoms with Gasteiger partial charge in [0.15, 0.2) is 11.5 Å². The first-order valence-electron chi connectivity index (χ1n) is 8.76. The quantitative estimate of drug-likeness (QED) is 0.572. The van der Waals surface area contributed by atoms with Crippen LogP contribution in [0.3, 0.4) is 0 Å². The van der Waals surface area contributed by atoms with E-state index in [9.17, 15) is 13.2 Å². The summed E-state index contributed by atoms with van der Waals surface area (Å²) in [5.41, 5.74) is 1.21. The zero-order valence-electron chi connectivity index (χ0n) is 15.4. The SMILES string of the molecule is CS(=O)(=O)N(CCCC(=O)Nc1ccc(I)cc1)c1ccc2c(c1)OCCO2. The lowest BCUT2D eigenvalue weighted by atomic mass is 10.2. The van der Waals surface area contributed by atoms with Gasteiger partial charge >= 0.3 is 0 Å². The third kappa shape index (κ3) is 5.51. The van der Waals surface area contributed by atoms with Gasteiger partial charge in [-0.25, -0.2) is 8.42 Å². The summed E-state index contributed by atoms with van der Waals surface area (Å²) in [7, 11) is -3.50. The van der Waals surface area contributed by atoms with Crippen LogP contribution in [0.5, 0.6) is 11.5 Å². The van der Waals surface area contributed by atoms with Gasteiger partial charge in [0, 0.05) is 28.3 Å². The van der Waals surface area contributed by atoms with Crippen molar-refractivity contribution in [3.05, 3.63) is 46.0 Å². The Labute approximate surface area is 178 Å². The van der Waals surface area contributed by atoms with E-state index in [0.29, 0.717) is 36.8 Å². The van der Waals surface area contributed by atoms with Crippen molar-refractivity contribution in [3.8, 4) is 11.5 Å². The number of carbonyl (C=O) groups is 1. The van der Waals surface area contributed by atoms with Gasteiger partial charge in [0.2, 0.25) is 15.9 Å². The van der Waals surface area contributed by atoms with Crippen molar-refractivity contribution < 1.29 is 22.7 Å². The minimum absolute atomic E-state index is 0.156. The summed E-state index contributed by atoms with van der Waals surface area (Å²) in [5.74, 6) is 0.964. The average Bonchev–Trinajstić information content (AvgIpc) is 2.66. The Morgan fingerprint density at radius 2 is 1.79 bits per heavy atom. The van der Waals surface area contributed by atoms with Crippen LogP contribution in [0.25, 0.3) is 0 Å². The van der Waals surface area contributed by atoms with E-state index in [2.05, 4.69) is 27.9 Å². The lowest BCUT2D eigenvalue weighted by Gasteiger charge is -2.25. The fourth-order valence-electron chi connectivity index (χ4n) is 2.81. The second-order valence-corrected chi connectivity index (χ2v) is 9.47.